The molecule has 1 aliphatic heterocycles. The molecule has 2 unspecified atom stereocenters. The molecule has 3 N–H and O–H groups in total. The van der Waals surface area contributed by atoms with Crippen LogP contribution in [0.15, 0.2) is 29.3 Å². The number of nitrogens with one attached hydrogen (secondary N) is 2. The van der Waals surface area contributed by atoms with Gasteiger partial charge in [0.2, 0.25) is 0 Å². The molecule has 1 heterocycles. The lowest BCUT2D eigenvalue weighted by Gasteiger charge is -2.30. The summed E-state index contributed by atoms with van der Waals surface area (Å²) in [5.41, 5.74) is 1.19. The number of benzene rings is 1. The van der Waals surface area contributed by atoms with E-state index < -0.39 is 6.10 Å². The van der Waals surface area contributed by atoms with E-state index in [1.807, 2.05) is 19.1 Å². The third-order valence-corrected chi connectivity index (χ3v) is 5.71. The standard InChI is InChI=1S/C23H38N4O3/c1-3-24-23(25-14-19(28)17-30-16-18-10-11-18)26-15-21(27-12-6-7-13-27)20-8-4-5-9-22(20)29-2/h4-5,8-9,18-19,21,28H,3,6-7,10-17H2,1-2H3,(H2,24,25,26). The SMILES string of the molecule is CCNC(=NCC(O)COCC1CC1)NCC(c1ccccc1OC)N1CCCC1. The molecule has 0 radical (unpaired) electrons. The number of nitrogens with zero attached hydrogens (tertiary/aromatic N) is 2. The van der Waals surface area contributed by atoms with Crippen LogP contribution in [0.2, 0.25) is 0 Å². The molecule has 0 aromatic heterocycles. The summed E-state index contributed by atoms with van der Waals surface area (Å²) in [6.45, 7) is 7.15. The van der Waals surface area contributed by atoms with Gasteiger partial charge in [-0.05, 0) is 57.7 Å². The van der Waals surface area contributed by atoms with Gasteiger partial charge < -0.3 is 25.2 Å². The summed E-state index contributed by atoms with van der Waals surface area (Å²) in [6.07, 6.45) is 4.39. The van der Waals surface area contributed by atoms with Gasteiger partial charge in [-0.3, -0.25) is 9.89 Å². The number of methoxy groups -OCH3 is 1. The average Bonchev–Trinajstić information content (AvgIpc) is 3.43. The largest absolute Gasteiger partial charge is 0.496 e. The second-order valence-electron chi connectivity index (χ2n) is 8.24. The van der Waals surface area contributed by atoms with E-state index in [1.54, 1.807) is 7.11 Å². The van der Waals surface area contributed by atoms with Crippen molar-refractivity contribution >= 4 is 5.96 Å². The third-order valence-electron chi connectivity index (χ3n) is 5.71. The minimum Gasteiger partial charge on any atom is -0.496 e. The second kappa shape index (κ2) is 12.1. The molecule has 2 atom stereocenters. The quantitative estimate of drug-likeness (QED) is 0.357. The van der Waals surface area contributed by atoms with Crippen LogP contribution in [-0.4, -0.2) is 75.1 Å². The Morgan fingerprint density at radius 3 is 2.70 bits per heavy atom. The Labute approximate surface area is 180 Å². The first-order chi connectivity index (χ1) is 14.7. The van der Waals surface area contributed by atoms with E-state index >= 15 is 0 Å². The molecule has 7 nitrogen and oxygen atoms in total. The molecule has 7 heteroatoms. The van der Waals surface area contributed by atoms with Gasteiger partial charge in [-0.15, -0.1) is 0 Å². The van der Waals surface area contributed by atoms with Crippen LogP contribution in [-0.2, 0) is 4.74 Å². The van der Waals surface area contributed by atoms with Crippen molar-refractivity contribution in [2.24, 2.45) is 10.9 Å². The summed E-state index contributed by atoms with van der Waals surface area (Å²) in [7, 11) is 1.73. The van der Waals surface area contributed by atoms with Gasteiger partial charge in [0.05, 0.1) is 32.4 Å². The predicted molar refractivity (Wildman–Crippen MR) is 120 cm³/mol. The number of aliphatic imine (C=N–C) groups is 1. The molecule has 1 aromatic carbocycles. The maximum absolute atomic E-state index is 10.2. The molecule has 0 spiro atoms. The number of ether oxygens (including phenoxy) is 2. The molecule has 2 fully saturated rings. The van der Waals surface area contributed by atoms with Gasteiger partial charge in [-0.25, -0.2) is 0 Å². The molecule has 0 amide bonds. The number of aliphatic hydroxyl groups excluding tert-OH is 1. The minimum atomic E-state index is -0.581. The summed E-state index contributed by atoms with van der Waals surface area (Å²) >= 11 is 0. The van der Waals surface area contributed by atoms with E-state index in [4.69, 9.17) is 9.47 Å². The molecule has 30 heavy (non-hydrogen) atoms. The van der Waals surface area contributed by atoms with Crippen molar-refractivity contribution in [3.8, 4) is 5.75 Å². The van der Waals surface area contributed by atoms with Gasteiger partial charge >= 0.3 is 0 Å². The van der Waals surface area contributed by atoms with Gasteiger partial charge in [0.15, 0.2) is 5.96 Å². The summed E-state index contributed by atoms with van der Waals surface area (Å²) < 4.78 is 11.2. The molecule has 3 rings (SSSR count). The number of hydrogen-bond acceptors (Lipinski definition) is 5. The fraction of sp³-hybridized carbons (Fsp3) is 0.696. The highest BCUT2D eigenvalue weighted by atomic mass is 16.5. The highest BCUT2D eigenvalue weighted by molar-refractivity contribution is 5.79. The molecule has 1 saturated heterocycles. The summed E-state index contributed by atoms with van der Waals surface area (Å²) in [6, 6.07) is 8.46. The van der Waals surface area contributed by atoms with Crippen LogP contribution in [0.1, 0.15) is 44.2 Å². The number of hydrogen-bond donors (Lipinski definition) is 3. The van der Waals surface area contributed by atoms with Crippen LogP contribution in [0.4, 0.5) is 0 Å². The van der Waals surface area contributed by atoms with Crippen molar-refractivity contribution in [3.05, 3.63) is 29.8 Å². The van der Waals surface area contributed by atoms with Crippen LogP contribution in [0.25, 0.3) is 0 Å². The number of guanidine groups is 1. The van der Waals surface area contributed by atoms with Crippen LogP contribution in [0.5, 0.6) is 5.75 Å². The Bertz CT molecular complexity index is 660. The zero-order valence-electron chi connectivity index (χ0n) is 18.5. The summed E-state index contributed by atoms with van der Waals surface area (Å²) in [5, 5.41) is 16.9. The van der Waals surface area contributed by atoms with Crippen LogP contribution >= 0.6 is 0 Å². The van der Waals surface area contributed by atoms with Crippen LogP contribution in [0.3, 0.4) is 0 Å². The maximum atomic E-state index is 10.2. The molecule has 1 aliphatic carbocycles. The predicted octanol–water partition coefficient (Wildman–Crippen LogP) is 2.17. The van der Waals surface area contributed by atoms with Gasteiger partial charge in [-0.2, -0.15) is 0 Å². The molecule has 2 aliphatic rings. The minimum absolute atomic E-state index is 0.208. The van der Waals surface area contributed by atoms with Gasteiger partial charge in [0, 0.05) is 25.3 Å². The Balaban J connectivity index is 1.58. The zero-order valence-corrected chi connectivity index (χ0v) is 18.5. The van der Waals surface area contributed by atoms with Gasteiger partial charge in [0.1, 0.15) is 5.75 Å². The second-order valence-corrected chi connectivity index (χ2v) is 8.24. The van der Waals surface area contributed by atoms with E-state index in [-0.39, 0.29) is 6.04 Å². The number of aliphatic hydroxyl groups is 1. The molecular formula is C23H38N4O3. The number of para-hydroxylation sites is 1. The van der Waals surface area contributed by atoms with Crippen molar-refractivity contribution in [2.75, 3.05) is 53.0 Å². The highest BCUT2D eigenvalue weighted by Crippen LogP contribution is 2.31. The summed E-state index contributed by atoms with van der Waals surface area (Å²) in [4.78, 5) is 7.09. The smallest absolute Gasteiger partial charge is 0.191 e. The maximum Gasteiger partial charge on any atom is 0.191 e. The zero-order chi connectivity index (χ0) is 21.2. The first-order valence-corrected chi connectivity index (χ1v) is 11.4. The van der Waals surface area contributed by atoms with Crippen molar-refractivity contribution in [1.82, 2.24) is 15.5 Å². The lowest BCUT2D eigenvalue weighted by atomic mass is 10.0. The van der Waals surface area contributed by atoms with Gasteiger partial charge in [-0.1, -0.05) is 18.2 Å². The van der Waals surface area contributed by atoms with E-state index in [0.717, 1.165) is 44.5 Å². The molecule has 1 saturated carbocycles. The van der Waals surface area contributed by atoms with Crippen molar-refractivity contribution in [1.29, 1.82) is 0 Å². The van der Waals surface area contributed by atoms with E-state index in [0.29, 0.717) is 19.1 Å². The Morgan fingerprint density at radius 2 is 2.00 bits per heavy atom. The lowest BCUT2D eigenvalue weighted by Crippen LogP contribution is -2.43. The molecule has 168 valence electrons. The first kappa shape index (κ1) is 22.8. The molecule has 0 bridgehead atoms. The van der Waals surface area contributed by atoms with Crippen molar-refractivity contribution < 1.29 is 14.6 Å². The van der Waals surface area contributed by atoms with E-state index in [1.165, 1.54) is 31.2 Å². The average molecular weight is 419 g/mol. The molecular weight excluding hydrogens is 380 g/mol. The molecule has 1 aromatic rings. The lowest BCUT2D eigenvalue weighted by molar-refractivity contribution is 0.0368. The Hall–Kier alpha value is -1.83. The Kier molecular flexibility index (Phi) is 9.24. The summed E-state index contributed by atoms with van der Waals surface area (Å²) in [5.74, 6) is 2.34. The number of rotatable bonds is 12. The topological polar surface area (TPSA) is 78.4 Å². The number of likely N-dealkylation sites (tertiary alicyclic amines) is 1. The third kappa shape index (κ3) is 7.15. The first-order valence-electron chi connectivity index (χ1n) is 11.4. The fourth-order valence-electron chi connectivity index (χ4n) is 3.87. The van der Waals surface area contributed by atoms with Crippen LogP contribution in [0, 0.1) is 5.92 Å². The van der Waals surface area contributed by atoms with Crippen LogP contribution < -0.4 is 15.4 Å². The van der Waals surface area contributed by atoms with Crippen molar-refractivity contribution in [3.63, 3.8) is 0 Å². The monoisotopic (exact) mass is 418 g/mol. The van der Waals surface area contributed by atoms with E-state index in [9.17, 15) is 5.11 Å². The van der Waals surface area contributed by atoms with E-state index in [2.05, 4.69) is 32.7 Å². The van der Waals surface area contributed by atoms with Crippen molar-refractivity contribution in [2.45, 2.75) is 44.8 Å². The Morgan fingerprint density at radius 1 is 1.23 bits per heavy atom. The normalized spacial score (nSPS) is 19.5. The highest BCUT2D eigenvalue weighted by Gasteiger charge is 2.26. The van der Waals surface area contributed by atoms with Gasteiger partial charge in [0.25, 0.3) is 0 Å². The fourth-order valence-corrected chi connectivity index (χ4v) is 3.87.